The highest BCUT2D eigenvalue weighted by Gasteiger charge is 2.34. The monoisotopic (exact) mass is 343 g/mol. The van der Waals surface area contributed by atoms with Crippen molar-refractivity contribution in [1.82, 2.24) is 0 Å². The molecule has 0 heterocycles. The molecular formula is C24H41N. The minimum Gasteiger partial charge on any atom is -0.198 e. The smallest absolute Gasteiger partial charge is 0.0655 e. The van der Waals surface area contributed by atoms with Gasteiger partial charge in [0.05, 0.1) is 6.07 Å². The lowest BCUT2D eigenvalue weighted by molar-refractivity contribution is 0.107. The Balaban J connectivity index is 1.34. The minimum absolute atomic E-state index is 0.375. The number of hydrogen-bond acceptors (Lipinski definition) is 1. The Morgan fingerprint density at radius 2 is 1.08 bits per heavy atom. The summed E-state index contributed by atoms with van der Waals surface area (Å²) in [6.45, 7) is 2.32. The predicted molar refractivity (Wildman–Crippen MR) is 106 cm³/mol. The molecule has 0 saturated heterocycles. The summed E-state index contributed by atoms with van der Waals surface area (Å²) in [5.74, 6) is 5.52. The fraction of sp³-hybridized carbons (Fsp3) is 0.958. The van der Waals surface area contributed by atoms with Gasteiger partial charge in [-0.15, -0.1) is 0 Å². The zero-order valence-corrected chi connectivity index (χ0v) is 16.7. The van der Waals surface area contributed by atoms with Gasteiger partial charge in [-0.1, -0.05) is 45.4 Å². The molecule has 3 aliphatic rings. The summed E-state index contributed by atoms with van der Waals surface area (Å²) >= 11 is 0. The van der Waals surface area contributed by atoms with E-state index in [-0.39, 0.29) is 0 Å². The molecule has 3 fully saturated rings. The van der Waals surface area contributed by atoms with Crippen LogP contribution in [0.3, 0.4) is 0 Å². The third-order valence-corrected chi connectivity index (χ3v) is 8.21. The first kappa shape index (κ1) is 19.3. The summed E-state index contributed by atoms with van der Waals surface area (Å²) in [6, 6.07) is 2.50. The average molecular weight is 344 g/mol. The van der Waals surface area contributed by atoms with Gasteiger partial charge in [0.25, 0.3) is 0 Å². The van der Waals surface area contributed by atoms with Gasteiger partial charge in [0, 0.05) is 5.92 Å². The molecule has 0 N–H and O–H groups in total. The molecule has 3 rings (SSSR count). The topological polar surface area (TPSA) is 23.8 Å². The normalized spacial score (nSPS) is 39.7. The molecule has 0 aromatic heterocycles. The van der Waals surface area contributed by atoms with Crippen LogP contribution in [0.4, 0.5) is 0 Å². The lowest BCUT2D eigenvalue weighted by Gasteiger charge is -2.41. The molecule has 0 radical (unpaired) electrons. The second-order valence-electron chi connectivity index (χ2n) is 9.69. The molecule has 0 atom stereocenters. The van der Waals surface area contributed by atoms with Crippen molar-refractivity contribution in [2.24, 2.45) is 35.5 Å². The Bertz CT molecular complexity index is 398. The van der Waals surface area contributed by atoms with Crippen molar-refractivity contribution in [3.8, 4) is 6.07 Å². The van der Waals surface area contributed by atoms with Gasteiger partial charge in [0.1, 0.15) is 0 Å². The Kier molecular flexibility index (Phi) is 7.69. The maximum Gasteiger partial charge on any atom is 0.0655 e. The molecular weight excluding hydrogens is 302 g/mol. The van der Waals surface area contributed by atoms with Crippen molar-refractivity contribution in [2.45, 2.75) is 110 Å². The SMILES string of the molecule is CCCCCC1CCC(C2CCC([C@H]3CC[C@H](C#N)CC3)CC2)CC1. The van der Waals surface area contributed by atoms with Crippen LogP contribution in [-0.2, 0) is 0 Å². The first-order chi connectivity index (χ1) is 12.3. The number of rotatable bonds is 6. The van der Waals surface area contributed by atoms with Gasteiger partial charge in [-0.3, -0.25) is 0 Å². The summed E-state index contributed by atoms with van der Waals surface area (Å²) in [5, 5.41) is 9.10. The molecule has 3 aliphatic carbocycles. The third-order valence-electron chi connectivity index (χ3n) is 8.21. The molecule has 0 spiro atoms. The van der Waals surface area contributed by atoms with Gasteiger partial charge in [0.2, 0.25) is 0 Å². The summed E-state index contributed by atoms with van der Waals surface area (Å²) in [6.07, 6.45) is 23.1. The molecule has 142 valence electrons. The van der Waals surface area contributed by atoms with E-state index < -0.39 is 0 Å². The highest BCUT2D eigenvalue weighted by atomic mass is 14.4. The summed E-state index contributed by atoms with van der Waals surface area (Å²) in [5.41, 5.74) is 0. The molecule has 1 heteroatoms. The van der Waals surface area contributed by atoms with Crippen molar-refractivity contribution in [2.75, 3.05) is 0 Å². The summed E-state index contributed by atoms with van der Waals surface area (Å²) in [4.78, 5) is 0. The second kappa shape index (κ2) is 9.99. The molecule has 0 bridgehead atoms. The van der Waals surface area contributed by atoms with Gasteiger partial charge >= 0.3 is 0 Å². The van der Waals surface area contributed by atoms with E-state index in [1.165, 1.54) is 89.9 Å². The molecule has 25 heavy (non-hydrogen) atoms. The van der Waals surface area contributed by atoms with Crippen LogP contribution in [0.5, 0.6) is 0 Å². The van der Waals surface area contributed by atoms with E-state index in [9.17, 15) is 0 Å². The Labute approximate surface area is 157 Å². The van der Waals surface area contributed by atoms with Crippen LogP contribution < -0.4 is 0 Å². The zero-order chi connectivity index (χ0) is 17.5. The van der Waals surface area contributed by atoms with Crippen LogP contribution in [0.1, 0.15) is 110 Å². The van der Waals surface area contributed by atoms with Gasteiger partial charge in [-0.25, -0.2) is 0 Å². The van der Waals surface area contributed by atoms with Crippen LogP contribution in [0, 0.1) is 46.8 Å². The molecule has 0 amide bonds. The summed E-state index contributed by atoms with van der Waals surface area (Å²) < 4.78 is 0. The first-order valence-electron chi connectivity index (χ1n) is 11.7. The first-order valence-corrected chi connectivity index (χ1v) is 11.7. The zero-order valence-electron chi connectivity index (χ0n) is 16.7. The lowest BCUT2D eigenvalue weighted by atomic mass is 9.65. The van der Waals surface area contributed by atoms with Gasteiger partial charge < -0.3 is 0 Å². The predicted octanol–water partition coefficient (Wildman–Crippen LogP) is 7.51. The van der Waals surface area contributed by atoms with E-state index in [2.05, 4.69) is 13.0 Å². The van der Waals surface area contributed by atoms with Gasteiger partial charge in [-0.2, -0.15) is 5.26 Å². The highest BCUT2D eigenvalue weighted by Crippen LogP contribution is 2.46. The van der Waals surface area contributed by atoms with E-state index in [4.69, 9.17) is 5.26 Å². The second-order valence-corrected chi connectivity index (χ2v) is 9.69. The van der Waals surface area contributed by atoms with Crippen molar-refractivity contribution < 1.29 is 0 Å². The number of unbranched alkanes of at least 4 members (excludes halogenated alkanes) is 2. The standard InChI is InChI=1S/C24H41N/c1-2-3-4-5-19-6-10-21(11-7-19)23-14-16-24(17-15-23)22-12-8-20(18-25)9-13-22/h19-24H,2-17H2,1H3/t19?,20-,21?,22-,23?,24?. The van der Waals surface area contributed by atoms with Gasteiger partial charge in [-0.05, 0) is 93.8 Å². The fourth-order valence-corrected chi connectivity index (χ4v) is 6.44. The minimum atomic E-state index is 0.375. The van der Waals surface area contributed by atoms with Crippen LogP contribution in [0.25, 0.3) is 0 Å². The molecule has 0 aliphatic heterocycles. The quantitative estimate of drug-likeness (QED) is 0.458. The van der Waals surface area contributed by atoms with Crippen LogP contribution in [-0.4, -0.2) is 0 Å². The van der Waals surface area contributed by atoms with Crippen LogP contribution in [0.2, 0.25) is 0 Å². The average Bonchev–Trinajstić information content (AvgIpc) is 2.69. The van der Waals surface area contributed by atoms with E-state index in [1.807, 2.05) is 0 Å². The van der Waals surface area contributed by atoms with E-state index in [0.717, 1.165) is 29.6 Å². The van der Waals surface area contributed by atoms with Crippen molar-refractivity contribution >= 4 is 0 Å². The van der Waals surface area contributed by atoms with Crippen molar-refractivity contribution in [1.29, 1.82) is 5.26 Å². The molecule has 1 nitrogen and oxygen atoms in total. The number of hydrogen-bond donors (Lipinski definition) is 0. The molecule has 3 saturated carbocycles. The van der Waals surface area contributed by atoms with Crippen LogP contribution >= 0.6 is 0 Å². The molecule has 0 aromatic rings. The third kappa shape index (κ3) is 5.48. The van der Waals surface area contributed by atoms with Gasteiger partial charge in [0.15, 0.2) is 0 Å². The maximum absolute atomic E-state index is 9.10. The molecule has 0 aromatic carbocycles. The Hall–Kier alpha value is -0.510. The van der Waals surface area contributed by atoms with E-state index in [1.54, 1.807) is 12.8 Å². The van der Waals surface area contributed by atoms with E-state index >= 15 is 0 Å². The highest BCUT2D eigenvalue weighted by molar-refractivity contribution is 4.90. The Morgan fingerprint density at radius 3 is 1.52 bits per heavy atom. The summed E-state index contributed by atoms with van der Waals surface area (Å²) in [7, 11) is 0. The van der Waals surface area contributed by atoms with Crippen LogP contribution in [0.15, 0.2) is 0 Å². The maximum atomic E-state index is 9.10. The van der Waals surface area contributed by atoms with Crippen molar-refractivity contribution in [3.05, 3.63) is 0 Å². The Morgan fingerprint density at radius 1 is 0.640 bits per heavy atom. The fourth-order valence-electron chi connectivity index (χ4n) is 6.44. The van der Waals surface area contributed by atoms with Crippen molar-refractivity contribution in [3.63, 3.8) is 0 Å². The lowest BCUT2D eigenvalue weighted by Crippen LogP contribution is -2.29. The number of nitrogens with zero attached hydrogens (tertiary/aromatic N) is 1. The largest absolute Gasteiger partial charge is 0.198 e. The van der Waals surface area contributed by atoms with E-state index in [0.29, 0.717) is 5.92 Å². The molecule has 0 unspecified atom stereocenters. The number of nitriles is 1.